The maximum Gasteiger partial charge on any atom is 0.338 e. The average Bonchev–Trinajstić information content (AvgIpc) is 2.96. The number of hydrogen-bond donors (Lipinski definition) is 0. The van der Waals surface area contributed by atoms with E-state index in [0.717, 1.165) is 4.31 Å². The fraction of sp³-hybridized carbons (Fsp3) is 0.533. The zero-order valence-electron chi connectivity index (χ0n) is 13.8. The van der Waals surface area contributed by atoms with Crippen LogP contribution in [0.5, 0.6) is 0 Å². The first kappa shape index (κ1) is 18.9. The van der Waals surface area contributed by atoms with Gasteiger partial charge in [-0.15, -0.1) is 0 Å². The molecule has 0 N–H and O–H groups in total. The Morgan fingerprint density at radius 1 is 1.08 bits per heavy atom. The number of nitrogens with zero attached hydrogens (tertiary/aromatic N) is 1. The monoisotopic (exact) mass is 375 g/mol. The fourth-order valence-corrected chi connectivity index (χ4v) is 4.62. The van der Waals surface area contributed by atoms with Crippen LogP contribution in [0.2, 0.25) is 0 Å². The van der Waals surface area contributed by atoms with E-state index in [2.05, 4.69) is 0 Å². The van der Waals surface area contributed by atoms with Gasteiger partial charge < -0.3 is 4.74 Å². The molecule has 0 aliphatic heterocycles. The van der Waals surface area contributed by atoms with Crippen molar-refractivity contribution in [3.63, 3.8) is 0 Å². The minimum Gasteiger partial charge on any atom is -0.459 e. The molecule has 0 aromatic heterocycles. The van der Waals surface area contributed by atoms with Crippen LogP contribution in [0.4, 0.5) is 0 Å². The van der Waals surface area contributed by atoms with Gasteiger partial charge >= 0.3 is 5.97 Å². The van der Waals surface area contributed by atoms with Gasteiger partial charge in [-0.3, -0.25) is 0 Å². The van der Waals surface area contributed by atoms with Crippen LogP contribution in [-0.4, -0.2) is 58.8 Å². The molecule has 134 valence electrons. The summed E-state index contributed by atoms with van der Waals surface area (Å²) in [5.74, 6) is -0.581. The molecule has 0 heterocycles. The highest BCUT2D eigenvalue weighted by molar-refractivity contribution is 7.91. The maximum atomic E-state index is 12.1. The Hall–Kier alpha value is -1.45. The summed E-state index contributed by atoms with van der Waals surface area (Å²) >= 11 is 0. The molecule has 1 fully saturated rings. The number of rotatable bonds is 5. The van der Waals surface area contributed by atoms with Crippen LogP contribution in [0.25, 0.3) is 0 Å². The molecular weight excluding hydrogens is 354 g/mol. The van der Waals surface area contributed by atoms with Crippen LogP contribution >= 0.6 is 0 Å². The van der Waals surface area contributed by atoms with E-state index in [9.17, 15) is 21.6 Å². The minimum atomic E-state index is -3.55. The van der Waals surface area contributed by atoms with E-state index < -0.39 is 37.2 Å². The Kier molecular flexibility index (Phi) is 5.36. The second-order valence-electron chi connectivity index (χ2n) is 6.10. The zero-order valence-corrected chi connectivity index (χ0v) is 15.4. The van der Waals surface area contributed by atoms with Crippen molar-refractivity contribution >= 4 is 25.8 Å². The van der Waals surface area contributed by atoms with Gasteiger partial charge in [0.25, 0.3) is 0 Å². The molecule has 0 unspecified atom stereocenters. The molecule has 7 nitrogen and oxygen atoms in total. The quantitative estimate of drug-likeness (QED) is 0.714. The Morgan fingerprint density at radius 2 is 1.67 bits per heavy atom. The maximum absolute atomic E-state index is 12.1. The predicted octanol–water partition coefficient (Wildman–Crippen LogP) is 1.06. The van der Waals surface area contributed by atoms with Gasteiger partial charge in [-0.25, -0.2) is 25.9 Å². The number of carbonyl (C=O) groups excluding carboxylic acids is 1. The lowest BCUT2D eigenvalue weighted by Gasteiger charge is -2.13. The topological polar surface area (TPSA) is 97.8 Å². The number of carbonyl (C=O) groups is 1. The van der Waals surface area contributed by atoms with Crippen LogP contribution in [0.1, 0.15) is 29.6 Å². The van der Waals surface area contributed by atoms with Crippen molar-refractivity contribution in [2.75, 3.05) is 20.4 Å². The lowest BCUT2D eigenvalue weighted by Crippen LogP contribution is -2.22. The summed E-state index contributed by atoms with van der Waals surface area (Å²) in [4.78, 5) is 12.2. The van der Waals surface area contributed by atoms with E-state index in [4.69, 9.17) is 4.74 Å². The molecule has 0 amide bonds. The van der Waals surface area contributed by atoms with Crippen LogP contribution in [-0.2, 0) is 24.6 Å². The standard InChI is InChI=1S/C15H21NO6S2/c1-16(2)24(20,21)13-7-4-11(5-8-13)15(17)22-12-6-9-14(10-12)23(3,18)19/h4-5,7-8,12,14H,6,9-10H2,1-3H3/t12-,14+/m0/s1. The van der Waals surface area contributed by atoms with Gasteiger partial charge in [-0.1, -0.05) is 0 Å². The first-order valence-corrected chi connectivity index (χ1v) is 10.8. The van der Waals surface area contributed by atoms with Crippen LogP contribution in [0.15, 0.2) is 29.2 Å². The molecule has 0 bridgehead atoms. The first-order chi connectivity index (χ1) is 11.0. The van der Waals surface area contributed by atoms with Crippen LogP contribution in [0.3, 0.4) is 0 Å². The van der Waals surface area contributed by atoms with Crippen molar-refractivity contribution < 1.29 is 26.4 Å². The molecule has 24 heavy (non-hydrogen) atoms. The summed E-state index contributed by atoms with van der Waals surface area (Å²) in [7, 11) is -3.83. The number of sulfonamides is 1. The Labute approximate surface area is 142 Å². The number of esters is 1. The van der Waals surface area contributed by atoms with Crippen molar-refractivity contribution in [2.24, 2.45) is 0 Å². The highest BCUT2D eigenvalue weighted by atomic mass is 32.2. The number of benzene rings is 1. The van der Waals surface area contributed by atoms with Crippen molar-refractivity contribution in [3.8, 4) is 0 Å². The Balaban J connectivity index is 2.04. The largest absolute Gasteiger partial charge is 0.459 e. The third-order valence-electron chi connectivity index (χ3n) is 4.08. The van der Waals surface area contributed by atoms with E-state index in [1.807, 2.05) is 0 Å². The molecule has 2 atom stereocenters. The summed E-state index contributed by atoms with van der Waals surface area (Å²) in [5, 5.41) is -0.470. The third-order valence-corrected chi connectivity index (χ3v) is 7.55. The van der Waals surface area contributed by atoms with Gasteiger partial charge in [0.1, 0.15) is 15.9 Å². The molecule has 1 aliphatic rings. The van der Waals surface area contributed by atoms with E-state index in [1.165, 1.54) is 44.6 Å². The van der Waals surface area contributed by atoms with Gasteiger partial charge in [0.15, 0.2) is 0 Å². The van der Waals surface area contributed by atoms with Gasteiger partial charge in [0.2, 0.25) is 10.0 Å². The molecule has 0 saturated heterocycles. The predicted molar refractivity (Wildman–Crippen MR) is 89.0 cm³/mol. The van der Waals surface area contributed by atoms with Gasteiger partial charge in [0, 0.05) is 26.8 Å². The van der Waals surface area contributed by atoms with Crippen molar-refractivity contribution in [1.29, 1.82) is 0 Å². The van der Waals surface area contributed by atoms with Crippen molar-refractivity contribution in [1.82, 2.24) is 4.31 Å². The summed E-state index contributed by atoms with van der Waals surface area (Å²) in [5.41, 5.74) is 0.232. The Morgan fingerprint density at radius 3 is 2.12 bits per heavy atom. The highest BCUT2D eigenvalue weighted by Crippen LogP contribution is 2.28. The van der Waals surface area contributed by atoms with Gasteiger partial charge in [0.05, 0.1) is 15.7 Å². The van der Waals surface area contributed by atoms with E-state index in [-0.39, 0.29) is 10.5 Å². The minimum absolute atomic E-state index is 0.0852. The molecule has 1 aliphatic carbocycles. The molecular formula is C15H21NO6S2. The molecule has 2 rings (SSSR count). The first-order valence-electron chi connectivity index (χ1n) is 7.44. The molecule has 1 aromatic carbocycles. The average molecular weight is 375 g/mol. The number of sulfone groups is 1. The summed E-state index contributed by atoms with van der Waals surface area (Å²) in [6.45, 7) is 0. The molecule has 0 spiro atoms. The van der Waals surface area contributed by atoms with Crippen molar-refractivity contribution in [2.45, 2.75) is 35.5 Å². The van der Waals surface area contributed by atoms with Crippen molar-refractivity contribution in [3.05, 3.63) is 29.8 Å². The second-order valence-corrected chi connectivity index (χ2v) is 10.6. The number of ether oxygens (including phenoxy) is 1. The zero-order chi connectivity index (χ0) is 18.1. The van der Waals surface area contributed by atoms with Gasteiger partial charge in [-0.05, 0) is 37.1 Å². The summed E-state index contributed by atoms with van der Waals surface area (Å²) in [6.07, 6.45) is 2.05. The normalized spacial score (nSPS) is 21.8. The third kappa shape index (κ3) is 4.14. The second kappa shape index (κ2) is 6.81. The summed E-state index contributed by atoms with van der Waals surface area (Å²) in [6, 6.07) is 5.48. The van der Waals surface area contributed by atoms with Crippen LogP contribution < -0.4 is 0 Å². The lowest BCUT2D eigenvalue weighted by atomic mass is 10.2. The molecule has 1 saturated carbocycles. The SMILES string of the molecule is CN(C)S(=O)(=O)c1ccc(C(=O)O[C@H]2CC[C@@H](S(C)(=O)=O)C2)cc1. The summed E-state index contributed by atoms with van der Waals surface area (Å²) < 4.78 is 53.4. The van der Waals surface area contributed by atoms with Crippen LogP contribution in [0, 0.1) is 0 Å². The van der Waals surface area contributed by atoms with Gasteiger partial charge in [-0.2, -0.15) is 0 Å². The fourth-order valence-electron chi connectivity index (χ4n) is 2.59. The van der Waals surface area contributed by atoms with E-state index >= 15 is 0 Å². The Bertz CT molecular complexity index is 812. The molecule has 1 aromatic rings. The highest BCUT2D eigenvalue weighted by Gasteiger charge is 2.33. The molecule has 9 heteroatoms. The smallest absolute Gasteiger partial charge is 0.338 e. The van der Waals surface area contributed by atoms with E-state index in [0.29, 0.717) is 19.3 Å². The lowest BCUT2D eigenvalue weighted by molar-refractivity contribution is 0.0318. The molecule has 0 radical (unpaired) electrons. The van der Waals surface area contributed by atoms with E-state index in [1.54, 1.807) is 0 Å². The number of hydrogen-bond acceptors (Lipinski definition) is 6.